The van der Waals surface area contributed by atoms with Gasteiger partial charge < -0.3 is 5.11 Å². The van der Waals surface area contributed by atoms with Gasteiger partial charge in [0.1, 0.15) is 11.6 Å². The molecule has 0 bridgehead atoms. The summed E-state index contributed by atoms with van der Waals surface area (Å²) in [4.78, 5) is 28.1. The summed E-state index contributed by atoms with van der Waals surface area (Å²) in [5.41, 5.74) is -0.920. The Morgan fingerprint density at radius 2 is 1.79 bits per heavy atom. The monoisotopic (exact) mass is 277 g/mol. The average molecular weight is 278 g/mol. The van der Waals surface area contributed by atoms with Gasteiger partial charge in [-0.05, 0) is 12.1 Å². The van der Waals surface area contributed by atoms with Gasteiger partial charge in [-0.2, -0.15) is 0 Å². The van der Waals surface area contributed by atoms with Crippen molar-refractivity contribution in [2.75, 3.05) is 0 Å². The highest BCUT2D eigenvalue weighted by Gasteiger charge is 2.36. The van der Waals surface area contributed by atoms with Gasteiger partial charge in [-0.1, -0.05) is 11.6 Å². The van der Waals surface area contributed by atoms with Crippen LogP contribution in [0.1, 0.15) is 31.8 Å². The van der Waals surface area contributed by atoms with Crippen molar-refractivity contribution in [3.63, 3.8) is 0 Å². The molecule has 0 fully saturated rings. The number of rotatable bonds is 0. The normalized spacial score (nSPS) is 13.2. The number of carbonyl (C=O) groups excluding carboxylic acids is 2. The number of benzene rings is 1. The summed E-state index contributed by atoms with van der Waals surface area (Å²) in [5.74, 6) is -2.66. The summed E-state index contributed by atoms with van der Waals surface area (Å²) < 4.78 is 13.8. The smallest absolute Gasteiger partial charge is 0.199 e. The minimum absolute atomic E-state index is 0.0309. The van der Waals surface area contributed by atoms with Gasteiger partial charge >= 0.3 is 0 Å². The summed E-state index contributed by atoms with van der Waals surface area (Å²) in [7, 11) is 0. The molecule has 0 radical (unpaired) electrons. The van der Waals surface area contributed by atoms with E-state index in [0.29, 0.717) is 0 Å². The molecule has 1 aliphatic rings. The molecule has 0 amide bonds. The molecule has 1 aromatic heterocycles. The van der Waals surface area contributed by atoms with E-state index < -0.39 is 23.1 Å². The largest absolute Gasteiger partial charge is 0.506 e. The maximum Gasteiger partial charge on any atom is 0.199 e. The quantitative estimate of drug-likeness (QED) is 0.685. The number of hydrogen-bond donors (Lipinski definition) is 1. The number of fused-ring (bicyclic) bond motifs is 2. The van der Waals surface area contributed by atoms with Gasteiger partial charge in [0.05, 0.1) is 33.5 Å². The first kappa shape index (κ1) is 11.8. The molecule has 0 aliphatic heterocycles. The molecule has 3 rings (SSSR count). The van der Waals surface area contributed by atoms with Crippen LogP contribution in [0.25, 0.3) is 0 Å². The third-order valence-corrected chi connectivity index (χ3v) is 3.27. The van der Waals surface area contributed by atoms with Crippen LogP contribution in [0.2, 0.25) is 5.02 Å². The van der Waals surface area contributed by atoms with E-state index in [9.17, 15) is 19.1 Å². The lowest BCUT2D eigenvalue weighted by molar-refractivity contribution is 0.0973. The molecule has 1 aromatic carbocycles. The number of ketones is 2. The first-order valence-corrected chi connectivity index (χ1v) is 5.64. The Hall–Kier alpha value is -2.27. The maximum atomic E-state index is 13.8. The summed E-state index contributed by atoms with van der Waals surface area (Å²) in [6, 6.07) is 2.22. The molecule has 2 aromatic rings. The fourth-order valence-corrected chi connectivity index (χ4v) is 2.36. The van der Waals surface area contributed by atoms with Crippen molar-refractivity contribution in [2.45, 2.75) is 0 Å². The molecule has 1 aliphatic carbocycles. The molecular formula is C13H5ClFNO3. The molecule has 4 nitrogen and oxygen atoms in total. The molecule has 0 atom stereocenters. The number of pyridine rings is 1. The van der Waals surface area contributed by atoms with Crippen LogP contribution in [0.4, 0.5) is 4.39 Å². The molecule has 0 unspecified atom stereocenters. The molecular weight excluding hydrogens is 273 g/mol. The second-order valence-electron chi connectivity index (χ2n) is 4.02. The van der Waals surface area contributed by atoms with Crippen LogP contribution in [0.5, 0.6) is 5.75 Å². The van der Waals surface area contributed by atoms with Crippen LogP contribution < -0.4 is 0 Å². The SMILES string of the molecule is O=C1c2cncc(O)c2C(=O)c2c(Cl)ccc(F)c21. The zero-order valence-electron chi connectivity index (χ0n) is 9.28. The molecule has 0 spiro atoms. The first-order valence-electron chi connectivity index (χ1n) is 5.26. The maximum absolute atomic E-state index is 13.8. The number of aromatic nitrogens is 1. The van der Waals surface area contributed by atoms with Gasteiger partial charge in [0.2, 0.25) is 0 Å². The predicted octanol–water partition coefficient (Wildman–Crippen LogP) is 2.36. The summed E-state index contributed by atoms with van der Waals surface area (Å²) >= 11 is 5.86. The number of aromatic hydroxyl groups is 1. The zero-order valence-corrected chi connectivity index (χ0v) is 10.0. The lowest BCUT2D eigenvalue weighted by Crippen LogP contribution is -2.23. The Labute approximate surface area is 111 Å². The van der Waals surface area contributed by atoms with E-state index in [-0.39, 0.29) is 27.3 Å². The summed E-state index contributed by atoms with van der Waals surface area (Å²) in [6.45, 7) is 0. The van der Waals surface area contributed by atoms with Crippen molar-refractivity contribution in [3.8, 4) is 5.75 Å². The molecule has 6 heteroatoms. The van der Waals surface area contributed by atoms with E-state index in [4.69, 9.17) is 11.6 Å². The Kier molecular flexibility index (Phi) is 2.40. The molecule has 0 saturated carbocycles. The fraction of sp³-hybridized carbons (Fsp3) is 0. The second kappa shape index (κ2) is 3.86. The van der Waals surface area contributed by atoms with Crippen molar-refractivity contribution < 1.29 is 19.1 Å². The fourth-order valence-electron chi connectivity index (χ4n) is 2.12. The third-order valence-electron chi connectivity index (χ3n) is 2.96. The topological polar surface area (TPSA) is 67.3 Å². The Bertz CT molecular complexity index is 758. The van der Waals surface area contributed by atoms with Crippen LogP contribution in [-0.2, 0) is 0 Å². The minimum atomic E-state index is -0.827. The average Bonchev–Trinajstić information content (AvgIpc) is 2.38. The molecule has 94 valence electrons. The van der Waals surface area contributed by atoms with Crippen molar-refractivity contribution in [2.24, 2.45) is 0 Å². The number of carbonyl (C=O) groups is 2. The van der Waals surface area contributed by atoms with Crippen LogP contribution >= 0.6 is 11.6 Å². The van der Waals surface area contributed by atoms with Crippen molar-refractivity contribution in [3.05, 3.63) is 57.6 Å². The Morgan fingerprint density at radius 3 is 2.53 bits per heavy atom. The van der Waals surface area contributed by atoms with E-state index in [1.54, 1.807) is 0 Å². The lowest BCUT2D eigenvalue weighted by atomic mass is 9.84. The highest BCUT2D eigenvalue weighted by molar-refractivity contribution is 6.39. The van der Waals surface area contributed by atoms with E-state index in [1.807, 2.05) is 0 Å². The van der Waals surface area contributed by atoms with Gasteiger partial charge in [-0.3, -0.25) is 14.6 Å². The zero-order chi connectivity index (χ0) is 13.7. The van der Waals surface area contributed by atoms with Crippen molar-refractivity contribution >= 4 is 23.2 Å². The van der Waals surface area contributed by atoms with Crippen LogP contribution in [-0.4, -0.2) is 21.7 Å². The number of halogens is 2. The first-order chi connectivity index (χ1) is 9.02. The van der Waals surface area contributed by atoms with E-state index in [0.717, 1.165) is 18.5 Å². The molecule has 1 heterocycles. The van der Waals surface area contributed by atoms with E-state index in [2.05, 4.69) is 4.98 Å². The highest BCUT2D eigenvalue weighted by Crippen LogP contribution is 2.36. The van der Waals surface area contributed by atoms with Gasteiger partial charge in [0.15, 0.2) is 11.6 Å². The Morgan fingerprint density at radius 1 is 1.05 bits per heavy atom. The molecule has 0 saturated heterocycles. The summed E-state index contributed by atoms with van der Waals surface area (Å²) in [5, 5.41) is 9.63. The summed E-state index contributed by atoms with van der Waals surface area (Å²) in [6.07, 6.45) is 2.17. The third kappa shape index (κ3) is 1.48. The van der Waals surface area contributed by atoms with Crippen LogP contribution in [0, 0.1) is 5.82 Å². The van der Waals surface area contributed by atoms with Crippen molar-refractivity contribution in [1.82, 2.24) is 4.98 Å². The van der Waals surface area contributed by atoms with E-state index >= 15 is 0 Å². The lowest BCUT2D eigenvalue weighted by Gasteiger charge is -2.18. The van der Waals surface area contributed by atoms with Gasteiger partial charge in [0.25, 0.3) is 0 Å². The van der Waals surface area contributed by atoms with Gasteiger partial charge in [-0.25, -0.2) is 4.39 Å². The number of nitrogens with zero attached hydrogens (tertiary/aromatic N) is 1. The standard InChI is InChI=1S/C13H5ClFNO3/c14-6-1-2-7(15)11-10(6)13(19)9-5(12(11)18)3-16-4-8(9)17/h1-4,17H. The highest BCUT2D eigenvalue weighted by atomic mass is 35.5. The Balaban J connectivity index is 2.43. The van der Waals surface area contributed by atoms with E-state index in [1.165, 1.54) is 6.07 Å². The van der Waals surface area contributed by atoms with Crippen molar-refractivity contribution in [1.29, 1.82) is 0 Å². The minimum Gasteiger partial charge on any atom is -0.506 e. The molecule has 19 heavy (non-hydrogen) atoms. The van der Waals surface area contributed by atoms with Gasteiger partial charge in [-0.15, -0.1) is 0 Å². The number of hydrogen-bond acceptors (Lipinski definition) is 4. The molecule has 1 N–H and O–H groups in total. The van der Waals surface area contributed by atoms with Crippen LogP contribution in [0.3, 0.4) is 0 Å². The predicted molar refractivity (Wildman–Crippen MR) is 64.2 cm³/mol. The van der Waals surface area contributed by atoms with Gasteiger partial charge in [0, 0.05) is 6.20 Å². The second-order valence-corrected chi connectivity index (χ2v) is 4.43. The van der Waals surface area contributed by atoms with Crippen LogP contribution in [0.15, 0.2) is 24.5 Å².